The third kappa shape index (κ3) is 3.53. The smallest absolute Gasteiger partial charge is 0.222 e. The number of nitrogens with zero attached hydrogens (tertiary/aromatic N) is 1. The summed E-state index contributed by atoms with van der Waals surface area (Å²) in [6, 6.07) is 3.93. The van der Waals surface area contributed by atoms with Crippen molar-refractivity contribution < 1.29 is 4.79 Å². The van der Waals surface area contributed by atoms with Gasteiger partial charge >= 0.3 is 0 Å². The average molecular weight is 247 g/mol. The molecule has 1 aliphatic carbocycles. The summed E-state index contributed by atoms with van der Waals surface area (Å²) in [6.45, 7) is 2.48. The molecule has 0 unspecified atom stereocenters. The molecule has 1 heterocycles. The molecule has 1 fully saturated rings. The number of hydrogen-bond donors (Lipinski definition) is 2. The third-order valence-corrected chi connectivity index (χ3v) is 3.57. The zero-order valence-electron chi connectivity index (χ0n) is 10.9. The van der Waals surface area contributed by atoms with Gasteiger partial charge < -0.3 is 11.1 Å². The van der Waals surface area contributed by atoms with Gasteiger partial charge in [-0.05, 0) is 31.4 Å². The maximum Gasteiger partial charge on any atom is 0.222 e. The van der Waals surface area contributed by atoms with Crippen LogP contribution in [0.2, 0.25) is 0 Å². The minimum absolute atomic E-state index is 0.0416. The molecule has 4 nitrogen and oxygen atoms in total. The predicted octanol–water partition coefficient (Wildman–Crippen LogP) is 1.67. The van der Waals surface area contributed by atoms with E-state index in [4.69, 9.17) is 5.73 Å². The lowest BCUT2D eigenvalue weighted by Gasteiger charge is -2.22. The number of aryl methyl sites for hydroxylation is 1. The van der Waals surface area contributed by atoms with Crippen LogP contribution in [0.1, 0.15) is 43.4 Å². The fourth-order valence-corrected chi connectivity index (χ4v) is 2.44. The molecule has 0 radical (unpaired) electrons. The van der Waals surface area contributed by atoms with Crippen LogP contribution in [0.5, 0.6) is 0 Å². The Morgan fingerprint density at radius 1 is 1.44 bits per heavy atom. The predicted molar refractivity (Wildman–Crippen MR) is 70.8 cm³/mol. The average Bonchev–Trinajstić information content (AvgIpc) is 2.75. The first-order chi connectivity index (χ1) is 8.57. The van der Waals surface area contributed by atoms with Crippen LogP contribution in [-0.2, 0) is 11.3 Å². The highest BCUT2D eigenvalue weighted by atomic mass is 16.1. The number of pyridine rings is 1. The standard InChI is InChI=1S/C14H21N3O/c1-11-4-5-12(9-16-11)10-17-13(18)8-14(15)6-2-3-7-14/h4-5,9H,2-3,6-8,10,15H2,1H3,(H,17,18). The fourth-order valence-electron chi connectivity index (χ4n) is 2.44. The highest BCUT2D eigenvalue weighted by Gasteiger charge is 2.31. The maximum atomic E-state index is 11.8. The van der Waals surface area contributed by atoms with Gasteiger partial charge in [-0.25, -0.2) is 0 Å². The van der Waals surface area contributed by atoms with Gasteiger partial charge in [0.1, 0.15) is 0 Å². The molecular formula is C14H21N3O. The van der Waals surface area contributed by atoms with Crippen LogP contribution >= 0.6 is 0 Å². The van der Waals surface area contributed by atoms with E-state index in [1.165, 1.54) is 0 Å². The van der Waals surface area contributed by atoms with Crippen molar-refractivity contribution in [1.29, 1.82) is 0 Å². The highest BCUT2D eigenvalue weighted by Crippen LogP contribution is 2.29. The number of hydrogen-bond acceptors (Lipinski definition) is 3. The Morgan fingerprint density at radius 2 is 2.17 bits per heavy atom. The van der Waals surface area contributed by atoms with E-state index in [9.17, 15) is 4.79 Å². The van der Waals surface area contributed by atoms with Gasteiger partial charge in [0.25, 0.3) is 0 Å². The molecule has 1 aromatic heterocycles. The van der Waals surface area contributed by atoms with E-state index >= 15 is 0 Å². The SMILES string of the molecule is Cc1ccc(CNC(=O)CC2(N)CCCC2)cn1. The minimum atomic E-state index is -0.268. The summed E-state index contributed by atoms with van der Waals surface area (Å²) < 4.78 is 0. The van der Waals surface area contributed by atoms with Crippen molar-refractivity contribution in [3.8, 4) is 0 Å². The van der Waals surface area contributed by atoms with Gasteiger partial charge in [0, 0.05) is 30.4 Å². The molecule has 1 amide bonds. The Balaban J connectivity index is 1.79. The number of nitrogens with one attached hydrogen (secondary N) is 1. The third-order valence-electron chi connectivity index (χ3n) is 3.57. The molecular weight excluding hydrogens is 226 g/mol. The van der Waals surface area contributed by atoms with E-state index in [2.05, 4.69) is 10.3 Å². The van der Waals surface area contributed by atoms with Crippen LogP contribution < -0.4 is 11.1 Å². The van der Waals surface area contributed by atoms with Crippen LogP contribution in [-0.4, -0.2) is 16.4 Å². The molecule has 0 aliphatic heterocycles. The summed E-state index contributed by atoms with van der Waals surface area (Å²) in [7, 11) is 0. The van der Waals surface area contributed by atoms with Gasteiger partial charge in [-0.15, -0.1) is 0 Å². The largest absolute Gasteiger partial charge is 0.352 e. The van der Waals surface area contributed by atoms with Gasteiger partial charge in [-0.1, -0.05) is 18.9 Å². The second-order valence-corrected chi connectivity index (χ2v) is 5.33. The molecule has 0 aromatic carbocycles. The summed E-state index contributed by atoms with van der Waals surface area (Å²) in [5, 5.41) is 2.91. The minimum Gasteiger partial charge on any atom is -0.352 e. The second-order valence-electron chi connectivity index (χ2n) is 5.33. The molecule has 1 aromatic rings. The molecule has 3 N–H and O–H groups in total. The molecule has 1 saturated carbocycles. The molecule has 1 aliphatic rings. The van der Waals surface area contributed by atoms with E-state index in [1.807, 2.05) is 19.1 Å². The summed E-state index contributed by atoms with van der Waals surface area (Å²) >= 11 is 0. The summed E-state index contributed by atoms with van der Waals surface area (Å²) in [5.74, 6) is 0.0416. The van der Waals surface area contributed by atoms with Crippen LogP contribution in [0, 0.1) is 6.92 Å². The number of aromatic nitrogens is 1. The molecule has 0 saturated heterocycles. The van der Waals surface area contributed by atoms with Crippen molar-refractivity contribution >= 4 is 5.91 Å². The van der Waals surface area contributed by atoms with Crippen molar-refractivity contribution in [2.24, 2.45) is 5.73 Å². The fraction of sp³-hybridized carbons (Fsp3) is 0.571. The lowest BCUT2D eigenvalue weighted by Crippen LogP contribution is -2.42. The Morgan fingerprint density at radius 3 is 2.78 bits per heavy atom. The van der Waals surface area contributed by atoms with E-state index < -0.39 is 0 Å². The van der Waals surface area contributed by atoms with Gasteiger partial charge in [0.2, 0.25) is 5.91 Å². The van der Waals surface area contributed by atoms with Crippen LogP contribution in [0.15, 0.2) is 18.3 Å². The highest BCUT2D eigenvalue weighted by molar-refractivity contribution is 5.77. The van der Waals surface area contributed by atoms with Crippen LogP contribution in [0.25, 0.3) is 0 Å². The monoisotopic (exact) mass is 247 g/mol. The Labute approximate surface area is 108 Å². The van der Waals surface area contributed by atoms with Crippen molar-refractivity contribution in [2.75, 3.05) is 0 Å². The first kappa shape index (κ1) is 13.0. The number of carbonyl (C=O) groups is 1. The Bertz CT molecular complexity index is 408. The molecule has 98 valence electrons. The van der Waals surface area contributed by atoms with Gasteiger partial charge in [0.15, 0.2) is 0 Å². The number of rotatable bonds is 4. The first-order valence-corrected chi connectivity index (χ1v) is 6.55. The van der Waals surface area contributed by atoms with Crippen molar-refractivity contribution in [3.63, 3.8) is 0 Å². The lowest BCUT2D eigenvalue weighted by atomic mass is 9.94. The summed E-state index contributed by atoms with van der Waals surface area (Å²) in [5.41, 5.74) is 7.91. The number of nitrogens with two attached hydrogens (primary N) is 1. The van der Waals surface area contributed by atoms with Crippen molar-refractivity contribution in [3.05, 3.63) is 29.6 Å². The first-order valence-electron chi connectivity index (χ1n) is 6.55. The summed E-state index contributed by atoms with van der Waals surface area (Å²) in [4.78, 5) is 16.0. The quantitative estimate of drug-likeness (QED) is 0.850. The van der Waals surface area contributed by atoms with E-state index in [0.717, 1.165) is 36.9 Å². The van der Waals surface area contributed by atoms with Gasteiger partial charge in [-0.2, -0.15) is 0 Å². The van der Waals surface area contributed by atoms with Crippen LogP contribution in [0.3, 0.4) is 0 Å². The van der Waals surface area contributed by atoms with Crippen molar-refractivity contribution in [1.82, 2.24) is 10.3 Å². The molecule has 18 heavy (non-hydrogen) atoms. The topological polar surface area (TPSA) is 68.0 Å². The van der Waals surface area contributed by atoms with E-state index in [1.54, 1.807) is 6.20 Å². The Kier molecular flexibility index (Phi) is 3.97. The van der Waals surface area contributed by atoms with Crippen LogP contribution in [0.4, 0.5) is 0 Å². The molecule has 0 atom stereocenters. The molecule has 0 bridgehead atoms. The van der Waals surface area contributed by atoms with Crippen molar-refractivity contribution in [2.45, 2.75) is 51.1 Å². The zero-order chi connectivity index (χ0) is 13.0. The van der Waals surface area contributed by atoms with Gasteiger partial charge in [-0.3, -0.25) is 9.78 Å². The second kappa shape index (κ2) is 5.48. The Hall–Kier alpha value is -1.42. The molecule has 4 heteroatoms. The lowest BCUT2D eigenvalue weighted by molar-refractivity contribution is -0.122. The maximum absolute atomic E-state index is 11.8. The normalized spacial score (nSPS) is 17.7. The summed E-state index contributed by atoms with van der Waals surface area (Å²) in [6.07, 6.45) is 6.45. The molecule has 0 spiro atoms. The van der Waals surface area contributed by atoms with Gasteiger partial charge in [0.05, 0.1) is 0 Å². The van der Waals surface area contributed by atoms with E-state index in [0.29, 0.717) is 13.0 Å². The molecule has 2 rings (SSSR count). The number of amides is 1. The van der Waals surface area contributed by atoms with E-state index in [-0.39, 0.29) is 11.4 Å². The number of carbonyl (C=O) groups excluding carboxylic acids is 1. The zero-order valence-corrected chi connectivity index (χ0v) is 10.9.